The molecule has 0 amide bonds. The van der Waals surface area contributed by atoms with Crippen LogP contribution >= 0.6 is 0 Å². The number of hydrogen-bond donors (Lipinski definition) is 2. The number of aliphatic hydroxyl groups excluding tert-OH is 1. The summed E-state index contributed by atoms with van der Waals surface area (Å²) in [5.74, 6) is -0.845. The first-order valence-corrected chi connectivity index (χ1v) is 5.84. The molecule has 1 aromatic carbocycles. The van der Waals surface area contributed by atoms with E-state index >= 15 is 0 Å². The number of benzene rings is 1. The third-order valence-corrected chi connectivity index (χ3v) is 3.30. The lowest BCUT2D eigenvalue weighted by molar-refractivity contribution is 0.0694. The van der Waals surface area contributed by atoms with E-state index < -0.39 is 5.97 Å². The zero-order chi connectivity index (χ0) is 13.1. The molecule has 96 valence electrons. The molecule has 2 rings (SSSR count). The largest absolute Gasteiger partial charge is 0.478 e. The Morgan fingerprint density at radius 2 is 2.28 bits per heavy atom. The molecule has 5 nitrogen and oxygen atoms in total. The van der Waals surface area contributed by atoms with Gasteiger partial charge in [-0.2, -0.15) is 0 Å². The molecule has 1 atom stereocenters. The van der Waals surface area contributed by atoms with Crippen molar-refractivity contribution in [3.8, 4) is 0 Å². The van der Waals surface area contributed by atoms with Crippen LogP contribution in [0.25, 0.3) is 0 Å². The van der Waals surface area contributed by atoms with E-state index in [-0.39, 0.29) is 23.7 Å². The van der Waals surface area contributed by atoms with Gasteiger partial charge >= 0.3 is 5.97 Å². The molecule has 0 aromatic heterocycles. The van der Waals surface area contributed by atoms with Gasteiger partial charge < -0.3 is 15.1 Å². The third kappa shape index (κ3) is 2.36. The number of carboxylic acids is 1. The van der Waals surface area contributed by atoms with Gasteiger partial charge in [0.15, 0.2) is 6.29 Å². The van der Waals surface area contributed by atoms with Gasteiger partial charge in [-0.05, 0) is 24.6 Å². The molecular weight excluding hydrogens is 234 g/mol. The SMILES string of the molecule is O=Cc1cc(N2CC[C@H](CO)C2)ccc1C(=O)O. The van der Waals surface area contributed by atoms with Crippen molar-refractivity contribution in [2.75, 3.05) is 24.6 Å². The Morgan fingerprint density at radius 3 is 2.83 bits per heavy atom. The Labute approximate surface area is 105 Å². The molecule has 0 aliphatic carbocycles. The lowest BCUT2D eigenvalue weighted by atomic mass is 10.1. The molecule has 1 aliphatic heterocycles. The highest BCUT2D eigenvalue weighted by Crippen LogP contribution is 2.25. The van der Waals surface area contributed by atoms with Gasteiger partial charge in [-0.25, -0.2) is 4.79 Å². The Bertz CT molecular complexity index is 472. The standard InChI is InChI=1S/C13H15NO4/c15-7-9-3-4-14(6-9)11-1-2-12(13(17)18)10(5-11)8-16/h1-2,5,8-9,15H,3-4,6-7H2,(H,17,18)/t9-/m0/s1. The van der Waals surface area contributed by atoms with Gasteiger partial charge in [0, 0.05) is 36.9 Å². The fourth-order valence-corrected chi connectivity index (χ4v) is 2.26. The first kappa shape index (κ1) is 12.6. The van der Waals surface area contributed by atoms with E-state index in [9.17, 15) is 9.59 Å². The van der Waals surface area contributed by atoms with Crippen LogP contribution < -0.4 is 4.90 Å². The van der Waals surface area contributed by atoms with Crippen molar-refractivity contribution in [2.45, 2.75) is 6.42 Å². The number of nitrogens with zero attached hydrogens (tertiary/aromatic N) is 1. The molecule has 5 heteroatoms. The normalized spacial score (nSPS) is 18.9. The molecule has 2 N–H and O–H groups in total. The van der Waals surface area contributed by atoms with Gasteiger partial charge in [-0.1, -0.05) is 0 Å². The monoisotopic (exact) mass is 249 g/mol. The van der Waals surface area contributed by atoms with Crippen LogP contribution in [0.1, 0.15) is 27.1 Å². The van der Waals surface area contributed by atoms with Crippen molar-refractivity contribution in [1.29, 1.82) is 0 Å². The number of aliphatic hydroxyl groups is 1. The fourth-order valence-electron chi connectivity index (χ4n) is 2.26. The average Bonchev–Trinajstić information content (AvgIpc) is 2.86. The first-order valence-electron chi connectivity index (χ1n) is 5.84. The minimum absolute atomic E-state index is 0.0201. The molecule has 1 fully saturated rings. The maximum absolute atomic E-state index is 10.9. The highest BCUT2D eigenvalue weighted by Gasteiger charge is 2.22. The summed E-state index contributed by atoms with van der Waals surface area (Å²) in [5.41, 5.74) is 1.04. The second kappa shape index (κ2) is 5.18. The molecule has 1 heterocycles. The molecule has 0 saturated carbocycles. The number of rotatable bonds is 4. The molecule has 18 heavy (non-hydrogen) atoms. The van der Waals surface area contributed by atoms with Crippen LogP contribution in [0, 0.1) is 5.92 Å². The molecular formula is C13H15NO4. The summed E-state index contributed by atoms with van der Waals surface area (Å²) in [5, 5.41) is 18.0. The van der Waals surface area contributed by atoms with E-state index in [1.165, 1.54) is 6.07 Å². The van der Waals surface area contributed by atoms with Crippen molar-refractivity contribution in [1.82, 2.24) is 0 Å². The van der Waals surface area contributed by atoms with Gasteiger partial charge in [0.25, 0.3) is 0 Å². The van der Waals surface area contributed by atoms with Gasteiger partial charge in [0.05, 0.1) is 5.56 Å². The molecule has 0 bridgehead atoms. The molecule has 1 saturated heterocycles. The highest BCUT2D eigenvalue weighted by atomic mass is 16.4. The molecule has 1 aromatic rings. The molecule has 1 aliphatic rings. The fraction of sp³-hybridized carbons (Fsp3) is 0.385. The van der Waals surface area contributed by atoms with Crippen LogP contribution in [0.4, 0.5) is 5.69 Å². The van der Waals surface area contributed by atoms with E-state index in [2.05, 4.69) is 4.90 Å². The van der Waals surface area contributed by atoms with Crippen LogP contribution in [0.3, 0.4) is 0 Å². The van der Waals surface area contributed by atoms with Crippen molar-refractivity contribution >= 4 is 17.9 Å². The predicted octanol–water partition coefficient (Wildman–Crippen LogP) is 1.02. The Balaban J connectivity index is 2.25. The summed E-state index contributed by atoms with van der Waals surface area (Å²) >= 11 is 0. The smallest absolute Gasteiger partial charge is 0.336 e. The summed E-state index contributed by atoms with van der Waals surface area (Å²) in [7, 11) is 0. The maximum Gasteiger partial charge on any atom is 0.336 e. The number of carboxylic acid groups (broad SMARTS) is 1. The van der Waals surface area contributed by atoms with Crippen LogP contribution in [0.15, 0.2) is 18.2 Å². The molecule has 0 unspecified atom stereocenters. The van der Waals surface area contributed by atoms with E-state index in [0.29, 0.717) is 6.29 Å². The van der Waals surface area contributed by atoms with Crippen LogP contribution in [-0.2, 0) is 0 Å². The van der Waals surface area contributed by atoms with E-state index in [0.717, 1.165) is 25.2 Å². The van der Waals surface area contributed by atoms with Crippen molar-refractivity contribution in [3.05, 3.63) is 29.3 Å². The first-order chi connectivity index (χ1) is 8.65. The molecule has 0 spiro atoms. The number of carbonyl (C=O) groups excluding carboxylic acids is 1. The van der Waals surface area contributed by atoms with Crippen LogP contribution in [0.2, 0.25) is 0 Å². The zero-order valence-electron chi connectivity index (χ0n) is 9.87. The lowest BCUT2D eigenvalue weighted by Gasteiger charge is -2.19. The minimum Gasteiger partial charge on any atom is -0.478 e. The summed E-state index contributed by atoms with van der Waals surface area (Å²) in [6.45, 7) is 1.71. The molecule has 0 radical (unpaired) electrons. The van der Waals surface area contributed by atoms with Gasteiger partial charge in [-0.3, -0.25) is 4.79 Å². The van der Waals surface area contributed by atoms with Crippen molar-refractivity contribution < 1.29 is 19.8 Å². The second-order valence-electron chi connectivity index (χ2n) is 4.48. The summed E-state index contributed by atoms with van der Waals surface area (Å²) in [6, 6.07) is 4.75. The summed E-state index contributed by atoms with van der Waals surface area (Å²) in [6.07, 6.45) is 1.47. The number of aldehydes is 1. The lowest BCUT2D eigenvalue weighted by Crippen LogP contribution is -2.21. The van der Waals surface area contributed by atoms with Crippen molar-refractivity contribution in [3.63, 3.8) is 0 Å². The number of anilines is 1. The predicted molar refractivity (Wildman–Crippen MR) is 66.2 cm³/mol. The van der Waals surface area contributed by atoms with E-state index in [4.69, 9.17) is 10.2 Å². The second-order valence-corrected chi connectivity index (χ2v) is 4.48. The summed E-state index contributed by atoms with van der Waals surface area (Å²) < 4.78 is 0. The van der Waals surface area contributed by atoms with Gasteiger partial charge in [0.1, 0.15) is 0 Å². The van der Waals surface area contributed by atoms with Crippen LogP contribution in [-0.4, -0.2) is 42.2 Å². The summed E-state index contributed by atoms with van der Waals surface area (Å²) in [4.78, 5) is 23.9. The third-order valence-electron chi connectivity index (χ3n) is 3.30. The van der Waals surface area contributed by atoms with E-state index in [1.807, 2.05) is 0 Å². The quantitative estimate of drug-likeness (QED) is 0.779. The Kier molecular flexibility index (Phi) is 3.62. The minimum atomic E-state index is -1.10. The Morgan fingerprint density at radius 1 is 1.50 bits per heavy atom. The zero-order valence-corrected chi connectivity index (χ0v) is 9.87. The average molecular weight is 249 g/mol. The highest BCUT2D eigenvalue weighted by molar-refractivity contribution is 5.98. The number of aromatic carboxylic acids is 1. The number of carbonyl (C=O) groups is 2. The Hall–Kier alpha value is -1.88. The van der Waals surface area contributed by atoms with E-state index in [1.54, 1.807) is 12.1 Å². The number of hydrogen-bond acceptors (Lipinski definition) is 4. The maximum atomic E-state index is 10.9. The topological polar surface area (TPSA) is 77.8 Å². The van der Waals surface area contributed by atoms with Crippen LogP contribution in [0.5, 0.6) is 0 Å². The van der Waals surface area contributed by atoms with Gasteiger partial charge in [0.2, 0.25) is 0 Å². The van der Waals surface area contributed by atoms with Gasteiger partial charge in [-0.15, -0.1) is 0 Å². The van der Waals surface area contributed by atoms with Crippen molar-refractivity contribution in [2.24, 2.45) is 5.92 Å².